The first-order valence-electron chi connectivity index (χ1n) is 8.09. The van der Waals surface area contributed by atoms with Gasteiger partial charge in [-0.2, -0.15) is 0 Å². The molecule has 1 N–H and O–H groups in total. The monoisotopic (exact) mass is 270 g/mol. The Morgan fingerprint density at radius 2 is 1.63 bits per heavy atom. The van der Waals surface area contributed by atoms with Crippen molar-refractivity contribution in [2.45, 2.75) is 91.8 Å². The highest BCUT2D eigenvalue weighted by molar-refractivity contribution is 4.93. The maximum absolute atomic E-state index is 10.00. The summed E-state index contributed by atoms with van der Waals surface area (Å²) in [6.45, 7) is 11.9. The second-order valence-corrected chi connectivity index (χ2v) is 7.69. The van der Waals surface area contributed by atoms with Gasteiger partial charge in [0.1, 0.15) is 0 Å². The fourth-order valence-corrected chi connectivity index (χ4v) is 3.66. The van der Waals surface area contributed by atoms with E-state index in [9.17, 15) is 5.11 Å². The van der Waals surface area contributed by atoms with Gasteiger partial charge in [0.15, 0.2) is 0 Å². The molecule has 0 aromatic rings. The van der Waals surface area contributed by atoms with Crippen LogP contribution in [0.15, 0.2) is 0 Å². The largest absolute Gasteiger partial charge is 0.391 e. The van der Waals surface area contributed by atoms with Crippen molar-refractivity contribution < 1.29 is 9.84 Å². The van der Waals surface area contributed by atoms with E-state index in [1.807, 2.05) is 0 Å². The van der Waals surface area contributed by atoms with Gasteiger partial charge in [-0.25, -0.2) is 0 Å². The summed E-state index contributed by atoms with van der Waals surface area (Å²) in [5.41, 5.74) is 0.426. The number of rotatable bonds is 6. The average molecular weight is 270 g/mol. The van der Waals surface area contributed by atoms with Crippen LogP contribution in [0.1, 0.15) is 79.6 Å². The van der Waals surface area contributed by atoms with E-state index in [1.54, 1.807) is 0 Å². The van der Waals surface area contributed by atoms with E-state index in [-0.39, 0.29) is 23.0 Å². The number of unbranched alkanes of at least 4 members (excludes halogenated alkanes) is 1. The molecule has 0 aliphatic heterocycles. The topological polar surface area (TPSA) is 29.5 Å². The van der Waals surface area contributed by atoms with Crippen molar-refractivity contribution in [3.63, 3.8) is 0 Å². The van der Waals surface area contributed by atoms with Gasteiger partial charge < -0.3 is 9.84 Å². The van der Waals surface area contributed by atoms with E-state index in [1.165, 1.54) is 25.7 Å². The molecule has 1 saturated carbocycles. The third-order valence-electron chi connectivity index (χ3n) is 4.66. The Morgan fingerprint density at radius 3 is 2.11 bits per heavy atom. The molecular weight excluding hydrogens is 236 g/mol. The van der Waals surface area contributed by atoms with Gasteiger partial charge in [-0.15, -0.1) is 0 Å². The Balaban J connectivity index is 2.60. The molecule has 114 valence electrons. The zero-order chi connectivity index (χ0) is 14.5. The predicted octanol–water partition coefficient (Wildman–Crippen LogP) is 4.55. The molecule has 2 heteroatoms. The van der Waals surface area contributed by atoms with Crippen molar-refractivity contribution in [1.82, 2.24) is 0 Å². The van der Waals surface area contributed by atoms with Crippen LogP contribution >= 0.6 is 0 Å². The fraction of sp³-hybridized carbons (Fsp3) is 1.00. The zero-order valence-corrected chi connectivity index (χ0v) is 13.7. The first kappa shape index (κ1) is 17.0. The van der Waals surface area contributed by atoms with E-state index in [2.05, 4.69) is 34.6 Å². The van der Waals surface area contributed by atoms with Crippen molar-refractivity contribution in [2.24, 2.45) is 10.8 Å². The van der Waals surface area contributed by atoms with Crippen LogP contribution in [0, 0.1) is 10.8 Å². The molecule has 0 saturated heterocycles. The van der Waals surface area contributed by atoms with Crippen LogP contribution in [0.4, 0.5) is 0 Å². The minimum atomic E-state index is -0.296. The number of hydrogen-bond acceptors (Lipinski definition) is 2. The van der Waals surface area contributed by atoms with Gasteiger partial charge in [0.05, 0.1) is 18.8 Å². The Kier molecular flexibility index (Phi) is 6.32. The Labute approximate surface area is 119 Å². The van der Waals surface area contributed by atoms with E-state index < -0.39 is 0 Å². The van der Waals surface area contributed by atoms with Gasteiger partial charge in [-0.1, -0.05) is 60.3 Å². The van der Waals surface area contributed by atoms with Gasteiger partial charge in [0, 0.05) is 0 Å². The van der Waals surface area contributed by atoms with Crippen molar-refractivity contribution in [2.75, 3.05) is 6.61 Å². The number of ether oxygens (including phenoxy) is 1. The molecule has 1 aliphatic carbocycles. The van der Waals surface area contributed by atoms with Gasteiger partial charge in [-0.05, 0) is 30.1 Å². The van der Waals surface area contributed by atoms with Crippen molar-refractivity contribution >= 4 is 0 Å². The molecule has 0 bridgehead atoms. The second-order valence-electron chi connectivity index (χ2n) is 7.69. The van der Waals surface area contributed by atoms with Crippen LogP contribution in [-0.2, 0) is 4.74 Å². The molecule has 0 radical (unpaired) electrons. The minimum Gasteiger partial charge on any atom is -0.391 e. The Morgan fingerprint density at radius 1 is 1.11 bits per heavy atom. The summed E-state index contributed by atoms with van der Waals surface area (Å²) in [7, 11) is 0. The van der Waals surface area contributed by atoms with Crippen molar-refractivity contribution in [3.8, 4) is 0 Å². The molecule has 1 aliphatic rings. The smallest absolute Gasteiger partial charge is 0.0773 e. The molecule has 0 aromatic heterocycles. The van der Waals surface area contributed by atoms with Gasteiger partial charge in [0.25, 0.3) is 0 Å². The lowest BCUT2D eigenvalue weighted by molar-refractivity contribution is -0.115. The van der Waals surface area contributed by atoms with Gasteiger partial charge in [-0.3, -0.25) is 0 Å². The maximum Gasteiger partial charge on any atom is 0.0773 e. The first-order valence-corrected chi connectivity index (χ1v) is 8.09. The lowest BCUT2D eigenvalue weighted by Crippen LogP contribution is -2.43. The van der Waals surface area contributed by atoms with Crippen molar-refractivity contribution in [3.05, 3.63) is 0 Å². The maximum atomic E-state index is 10.00. The molecule has 0 spiro atoms. The van der Waals surface area contributed by atoms with E-state index in [0.717, 1.165) is 19.3 Å². The summed E-state index contributed by atoms with van der Waals surface area (Å²) >= 11 is 0. The molecule has 0 amide bonds. The van der Waals surface area contributed by atoms with E-state index in [4.69, 9.17) is 4.74 Å². The van der Waals surface area contributed by atoms with Crippen LogP contribution in [0.3, 0.4) is 0 Å². The third-order valence-corrected chi connectivity index (χ3v) is 4.66. The summed E-state index contributed by atoms with van der Waals surface area (Å²) < 4.78 is 6.20. The van der Waals surface area contributed by atoms with Crippen LogP contribution in [0.5, 0.6) is 0 Å². The molecule has 1 fully saturated rings. The summed E-state index contributed by atoms with van der Waals surface area (Å²) in [4.78, 5) is 0. The normalized spacial score (nSPS) is 24.9. The second kappa shape index (κ2) is 7.08. The van der Waals surface area contributed by atoms with Crippen LogP contribution in [0.2, 0.25) is 0 Å². The fourth-order valence-electron chi connectivity index (χ4n) is 3.66. The van der Waals surface area contributed by atoms with Gasteiger partial charge in [0.2, 0.25) is 0 Å². The quantitative estimate of drug-likeness (QED) is 0.718. The number of aliphatic hydroxyl groups excluding tert-OH is 1. The Bertz CT molecular complexity index is 240. The summed E-state index contributed by atoms with van der Waals surface area (Å²) in [6, 6.07) is 0. The molecule has 0 heterocycles. The lowest BCUT2D eigenvalue weighted by Gasteiger charge is -2.42. The van der Waals surface area contributed by atoms with Crippen LogP contribution < -0.4 is 0 Å². The molecule has 2 nitrogen and oxygen atoms in total. The van der Waals surface area contributed by atoms with Gasteiger partial charge >= 0.3 is 0 Å². The molecule has 1 atom stereocenters. The highest BCUT2D eigenvalue weighted by Crippen LogP contribution is 2.46. The number of aliphatic hydroxyl groups is 1. The van der Waals surface area contributed by atoms with Crippen LogP contribution in [0.25, 0.3) is 0 Å². The Hall–Kier alpha value is -0.0800. The standard InChI is InChI=1S/C17H34O2/c1-6-7-10-14(18)13-19-15-16(2,3)11-8-9-12-17(15,4)5/h14-15,18H,6-13H2,1-5H3. The predicted molar refractivity (Wildman–Crippen MR) is 81.3 cm³/mol. The average Bonchev–Trinajstić information content (AvgIpc) is 2.41. The zero-order valence-electron chi connectivity index (χ0n) is 13.7. The molecule has 0 aromatic carbocycles. The lowest BCUT2D eigenvalue weighted by atomic mass is 9.71. The molecule has 1 unspecified atom stereocenters. The molecular formula is C17H34O2. The third kappa shape index (κ3) is 5.07. The highest BCUT2D eigenvalue weighted by Gasteiger charge is 2.43. The molecule has 19 heavy (non-hydrogen) atoms. The SMILES string of the molecule is CCCCC(O)COC1C(C)(C)CCCCC1(C)C. The molecule has 1 rings (SSSR count). The number of hydrogen-bond donors (Lipinski definition) is 1. The summed E-state index contributed by atoms with van der Waals surface area (Å²) in [5.74, 6) is 0. The first-order chi connectivity index (χ1) is 8.79. The highest BCUT2D eigenvalue weighted by atomic mass is 16.5. The summed E-state index contributed by atoms with van der Waals surface area (Å²) in [6.07, 6.45) is 8.10. The van der Waals surface area contributed by atoms with E-state index >= 15 is 0 Å². The summed E-state index contributed by atoms with van der Waals surface area (Å²) in [5, 5.41) is 10.00. The minimum absolute atomic E-state index is 0.213. The van der Waals surface area contributed by atoms with E-state index in [0.29, 0.717) is 6.61 Å². The van der Waals surface area contributed by atoms with Crippen LogP contribution in [-0.4, -0.2) is 23.9 Å². The van der Waals surface area contributed by atoms with Crippen molar-refractivity contribution in [1.29, 1.82) is 0 Å².